The molecule has 348 valence electrons. The molecule has 13 nitrogen and oxygen atoms in total. The molecule has 3 fully saturated rings. The highest BCUT2D eigenvalue weighted by atomic mass is 32.1. The van der Waals surface area contributed by atoms with Crippen molar-refractivity contribution < 1.29 is 40.6 Å². The molecule has 3 saturated heterocycles. The molecule has 0 spiro atoms. The monoisotopic (exact) mass is 926 g/mol. The molecule has 0 radical (unpaired) electrons. The van der Waals surface area contributed by atoms with Crippen molar-refractivity contribution in [3.8, 4) is 29.0 Å². The Kier molecular flexibility index (Phi) is 14.2. The largest absolute Gasteiger partial charge is 0.490 e. The third-order valence-corrected chi connectivity index (χ3v) is 13.4. The number of alkyl halides is 4. The van der Waals surface area contributed by atoms with Crippen LogP contribution in [0, 0.1) is 34.8 Å². The van der Waals surface area contributed by atoms with Gasteiger partial charge in [-0.1, -0.05) is 32.9 Å². The molecule has 7 heterocycles. The molecular weight excluding hydrogens is 875 g/mol. The number of nitrogens with two attached hydrogens (primary N) is 3. The van der Waals surface area contributed by atoms with Gasteiger partial charge in [0.15, 0.2) is 5.82 Å². The smallest absolute Gasteiger partial charge is 0.420 e. The van der Waals surface area contributed by atoms with Crippen LogP contribution in [0.5, 0.6) is 11.8 Å². The van der Waals surface area contributed by atoms with Gasteiger partial charge >= 0.3 is 12.2 Å². The van der Waals surface area contributed by atoms with Gasteiger partial charge < -0.3 is 36.5 Å². The third-order valence-electron chi connectivity index (χ3n) is 12.4. The van der Waals surface area contributed by atoms with Crippen LogP contribution < -0.4 is 31.6 Å². The first-order valence-corrected chi connectivity index (χ1v) is 22.3. The van der Waals surface area contributed by atoms with Crippen molar-refractivity contribution in [1.29, 1.82) is 5.26 Å². The number of rotatable bonds is 6. The Morgan fingerprint density at radius 2 is 1.82 bits per heavy atom. The second-order valence-electron chi connectivity index (χ2n) is 17.1. The van der Waals surface area contributed by atoms with Crippen LogP contribution in [0.2, 0.25) is 0 Å². The number of aromatic nitrogens is 3. The summed E-state index contributed by atoms with van der Waals surface area (Å²) in [5, 5.41) is 9.00. The maximum Gasteiger partial charge on any atom is 0.420 e. The van der Waals surface area contributed by atoms with Crippen LogP contribution in [-0.4, -0.2) is 95.4 Å². The lowest BCUT2D eigenvalue weighted by molar-refractivity contribution is -0.138. The third kappa shape index (κ3) is 9.68. The minimum absolute atomic E-state index is 0.0347. The normalized spacial score (nSPS) is 19.2. The van der Waals surface area contributed by atoms with Crippen molar-refractivity contribution in [2.45, 2.75) is 83.9 Å². The van der Waals surface area contributed by atoms with Crippen LogP contribution in [0.15, 0.2) is 30.5 Å². The maximum atomic E-state index is 16.6. The van der Waals surface area contributed by atoms with Gasteiger partial charge in [-0.25, -0.2) is 18.2 Å². The molecule has 3 unspecified atom stereocenters. The number of carbonyl (C=O) groups is 1. The number of ether oxygens (including phenoxy) is 2. The molecule has 0 bridgehead atoms. The molecule has 5 aromatic rings. The van der Waals surface area contributed by atoms with Crippen LogP contribution in [0.25, 0.3) is 32.1 Å². The summed E-state index contributed by atoms with van der Waals surface area (Å²) in [5.74, 6) is -1.69. The van der Waals surface area contributed by atoms with E-state index in [1.807, 2.05) is 18.7 Å². The topological polar surface area (TPSA) is 186 Å². The number of nitrogen functional groups attached to an aromatic ring is 2. The first-order valence-electron chi connectivity index (χ1n) is 21.5. The average molecular weight is 927 g/mol. The molecule has 9 rings (SSSR count). The predicted octanol–water partition coefficient (Wildman–Crippen LogP) is 8.07. The molecule has 6 N–H and O–H groups in total. The number of carbonyl (C=O) groups excluding carboxylic acids is 1. The Labute approximate surface area is 376 Å². The lowest BCUT2D eigenvalue weighted by Crippen LogP contribution is -2.49. The fourth-order valence-electron chi connectivity index (χ4n) is 8.82. The van der Waals surface area contributed by atoms with E-state index >= 15 is 4.39 Å². The molecule has 0 aliphatic carbocycles. The van der Waals surface area contributed by atoms with Crippen LogP contribution >= 0.6 is 11.3 Å². The summed E-state index contributed by atoms with van der Waals surface area (Å²) in [6.07, 6.45) is 1.37. The summed E-state index contributed by atoms with van der Waals surface area (Å²) in [4.78, 5) is 30.0. The van der Waals surface area contributed by atoms with E-state index in [4.69, 9.17) is 26.7 Å². The van der Waals surface area contributed by atoms with Gasteiger partial charge in [-0.3, -0.25) is 9.69 Å². The van der Waals surface area contributed by atoms with E-state index in [1.54, 1.807) is 23.1 Å². The lowest BCUT2D eigenvalue weighted by atomic mass is 9.91. The first-order chi connectivity index (χ1) is 30.9. The van der Waals surface area contributed by atoms with Gasteiger partial charge in [0, 0.05) is 54.9 Å². The molecule has 3 aromatic heterocycles. The number of hydrogen-bond acceptors (Lipinski definition) is 13. The fraction of sp³-hybridized carbons (Fsp3) is 0.489. The lowest BCUT2D eigenvalue weighted by Gasteiger charge is -2.32. The highest BCUT2D eigenvalue weighted by Gasteiger charge is 2.44. The van der Waals surface area contributed by atoms with Crippen molar-refractivity contribution in [1.82, 2.24) is 24.8 Å². The van der Waals surface area contributed by atoms with E-state index in [9.17, 15) is 32.0 Å². The van der Waals surface area contributed by atoms with Crippen LogP contribution in [0.1, 0.15) is 69.6 Å². The van der Waals surface area contributed by atoms with Gasteiger partial charge in [0.05, 0.1) is 35.3 Å². The second-order valence-corrected chi connectivity index (χ2v) is 18.2. The number of likely N-dealkylation sites (tertiary alicyclic amines) is 1. The summed E-state index contributed by atoms with van der Waals surface area (Å²) in [7, 11) is 1.23. The number of anilines is 3. The summed E-state index contributed by atoms with van der Waals surface area (Å²) in [6, 6.07) is 6.98. The Hall–Kier alpha value is -5.65. The minimum atomic E-state index is -5.17. The van der Waals surface area contributed by atoms with Gasteiger partial charge in [-0.05, 0) is 68.2 Å². The molecule has 3 atom stereocenters. The van der Waals surface area contributed by atoms with Gasteiger partial charge in [0.1, 0.15) is 58.1 Å². The molecule has 4 aliphatic rings. The molecule has 4 aliphatic heterocycles. The second kappa shape index (κ2) is 19.4. The molecule has 65 heavy (non-hydrogen) atoms. The van der Waals surface area contributed by atoms with Crippen molar-refractivity contribution in [2.24, 2.45) is 17.6 Å². The van der Waals surface area contributed by atoms with E-state index < -0.39 is 51.9 Å². The first kappa shape index (κ1) is 47.3. The van der Waals surface area contributed by atoms with Crippen molar-refractivity contribution in [3.05, 3.63) is 58.8 Å². The standard InChI is InChI=1S/C27H18F5N7O2S.C11H22N2O.C7H12FN/c1-40-26-37-20-17-21(41-8-7-39(25(17)38-26)10-11-3-2-6-36-23(11)34)18(27(30,31)32)16(19(20)29)12-4-5-14(28)22-15(12)13(9-33)24(35)42-22;1-8(2)10(12)11(14)13-6-4-9(3)5-7-13;8-6-4-7-2-1-3-9(7)5-6/h2-6H,7-8,10,35H2,1H3,(H2,34,36);8-10H,4-7,12H2,1-3H3;6-7H,1-5H2. The zero-order valence-electron chi connectivity index (χ0n) is 36.5. The number of piperidine rings is 1. The van der Waals surface area contributed by atoms with Gasteiger partial charge in [-0.15, -0.1) is 11.3 Å². The van der Waals surface area contributed by atoms with Crippen molar-refractivity contribution in [2.75, 3.05) is 62.8 Å². The number of fused-ring (bicyclic) bond motifs is 2. The fourth-order valence-corrected chi connectivity index (χ4v) is 9.77. The molecule has 1 amide bonds. The zero-order chi connectivity index (χ0) is 46.9. The number of methoxy groups -OCH3 is 1. The van der Waals surface area contributed by atoms with E-state index in [2.05, 4.69) is 26.8 Å². The highest BCUT2D eigenvalue weighted by molar-refractivity contribution is 7.23. The van der Waals surface area contributed by atoms with Crippen molar-refractivity contribution >= 4 is 54.9 Å². The summed E-state index contributed by atoms with van der Waals surface area (Å²) >= 11 is 0.675. The maximum absolute atomic E-state index is 16.6. The predicted molar refractivity (Wildman–Crippen MR) is 238 cm³/mol. The zero-order valence-corrected chi connectivity index (χ0v) is 37.3. The van der Waals surface area contributed by atoms with Crippen LogP contribution in [0.4, 0.5) is 43.0 Å². The number of nitrogens with zero attached hydrogens (tertiary/aromatic N) is 7. The molecular formula is C45H52F6N10O3S. The number of nitriles is 1. The molecule has 0 saturated carbocycles. The number of hydrogen-bond donors (Lipinski definition) is 3. The average Bonchev–Trinajstić information content (AvgIpc) is 3.93. The Bertz CT molecular complexity index is 2580. The van der Waals surface area contributed by atoms with Crippen LogP contribution in [-0.2, 0) is 17.5 Å². The van der Waals surface area contributed by atoms with E-state index in [0.717, 1.165) is 56.9 Å². The Morgan fingerprint density at radius 3 is 2.46 bits per heavy atom. The highest BCUT2D eigenvalue weighted by Crippen LogP contribution is 2.53. The molecule has 2 aromatic carbocycles. The van der Waals surface area contributed by atoms with E-state index in [-0.39, 0.29) is 81.2 Å². The number of pyridine rings is 1. The number of benzene rings is 2. The number of thiophene rings is 1. The quantitative estimate of drug-likeness (QED) is 0.139. The van der Waals surface area contributed by atoms with Gasteiger partial charge in [-0.2, -0.15) is 28.4 Å². The summed E-state index contributed by atoms with van der Waals surface area (Å²) in [6.45, 7) is 9.70. The SMILES string of the molecule is CC1CCN(C(=O)C(N)C(C)C)CC1.COc1nc2c3c(c(C(F)(F)F)c(-c4ccc(F)c5sc(N)c(C#N)c45)c(F)c3n1)OCCN2Cc1cccnc1N.FC1CC2CCCN2C1. The summed E-state index contributed by atoms with van der Waals surface area (Å²) in [5.41, 5.74) is 14.6. The minimum Gasteiger partial charge on any atom is -0.490 e. The summed E-state index contributed by atoms with van der Waals surface area (Å²) < 4.78 is 99.6. The van der Waals surface area contributed by atoms with Crippen molar-refractivity contribution in [3.63, 3.8) is 0 Å². The molecule has 20 heteroatoms. The van der Waals surface area contributed by atoms with Crippen LogP contribution in [0.3, 0.4) is 0 Å². The van der Waals surface area contributed by atoms with Gasteiger partial charge in [0.25, 0.3) is 0 Å². The van der Waals surface area contributed by atoms with Gasteiger partial charge in [0.2, 0.25) is 5.91 Å². The Balaban J connectivity index is 0.000000222. The Morgan fingerprint density at radius 1 is 1.08 bits per heavy atom. The number of amides is 1. The number of halogens is 6. The van der Waals surface area contributed by atoms with E-state index in [1.165, 1.54) is 26.1 Å². The van der Waals surface area contributed by atoms with E-state index in [0.29, 0.717) is 29.5 Å².